The number of rotatable bonds is 3. The first-order chi connectivity index (χ1) is 8.06. The Morgan fingerprint density at radius 3 is 2.47 bits per heavy atom. The number of nitrogens with zero attached hydrogens (tertiary/aromatic N) is 2. The van der Waals surface area contributed by atoms with Crippen molar-refractivity contribution in [1.29, 1.82) is 0 Å². The van der Waals surface area contributed by atoms with Gasteiger partial charge in [0.15, 0.2) is 0 Å². The van der Waals surface area contributed by atoms with Gasteiger partial charge in [-0.25, -0.2) is 4.68 Å². The maximum atomic E-state index is 5.98. The molecule has 0 radical (unpaired) electrons. The van der Waals surface area contributed by atoms with Crippen molar-refractivity contribution < 1.29 is 0 Å². The van der Waals surface area contributed by atoms with Crippen LogP contribution in [0.3, 0.4) is 0 Å². The van der Waals surface area contributed by atoms with E-state index in [2.05, 4.69) is 17.2 Å². The molecule has 1 unspecified atom stereocenters. The minimum absolute atomic E-state index is 0.183. The highest BCUT2D eigenvalue weighted by Crippen LogP contribution is 2.17. The van der Waals surface area contributed by atoms with Crippen LogP contribution in [0.25, 0.3) is 5.69 Å². The number of hydrogen-bond acceptors (Lipinski definition) is 2. The number of halogens is 1. The van der Waals surface area contributed by atoms with E-state index in [1.54, 1.807) is 4.68 Å². The predicted molar refractivity (Wildman–Crippen MR) is 70.7 cm³/mol. The Balaban J connectivity index is 2.23. The molecule has 17 heavy (non-hydrogen) atoms. The van der Waals surface area contributed by atoms with Crippen molar-refractivity contribution in [1.82, 2.24) is 9.78 Å². The fourth-order valence-corrected chi connectivity index (χ4v) is 1.86. The highest BCUT2D eigenvalue weighted by Gasteiger charge is 2.04. The molecule has 2 rings (SSSR count). The summed E-state index contributed by atoms with van der Waals surface area (Å²) in [6.45, 7) is 3.90. The lowest BCUT2D eigenvalue weighted by molar-refractivity contribution is 0.737. The van der Waals surface area contributed by atoms with Crippen LogP contribution in [-0.4, -0.2) is 15.8 Å². The third-order valence-corrected chi connectivity index (χ3v) is 2.97. The maximum absolute atomic E-state index is 5.98. The Morgan fingerprint density at radius 1 is 1.35 bits per heavy atom. The molecule has 3 nitrogen and oxygen atoms in total. The minimum atomic E-state index is 0.183. The van der Waals surface area contributed by atoms with Gasteiger partial charge in [-0.3, -0.25) is 0 Å². The Morgan fingerprint density at radius 2 is 2.00 bits per heavy atom. The van der Waals surface area contributed by atoms with Crippen molar-refractivity contribution in [3.05, 3.63) is 46.7 Å². The van der Waals surface area contributed by atoms with Gasteiger partial charge >= 0.3 is 0 Å². The van der Waals surface area contributed by atoms with E-state index in [-0.39, 0.29) is 6.04 Å². The summed E-state index contributed by atoms with van der Waals surface area (Å²) in [5.74, 6) is 0. The van der Waals surface area contributed by atoms with Gasteiger partial charge in [0.05, 0.1) is 16.4 Å². The third-order valence-electron chi connectivity index (χ3n) is 2.60. The summed E-state index contributed by atoms with van der Waals surface area (Å²) in [7, 11) is 0. The van der Waals surface area contributed by atoms with Crippen LogP contribution < -0.4 is 5.73 Å². The molecule has 0 amide bonds. The highest BCUT2D eigenvalue weighted by atomic mass is 35.5. The Bertz CT molecular complexity index is 480. The Labute approximate surface area is 106 Å². The summed E-state index contributed by atoms with van der Waals surface area (Å²) in [5, 5.41) is 5.02. The van der Waals surface area contributed by atoms with Gasteiger partial charge in [0, 0.05) is 12.2 Å². The Hall–Kier alpha value is -1.32. The molecule has 90 valence electrons. The fourth-order valence-electron chi connectivity index (χ4n) is 1.73. The molecule has 4 heteroatoms. The van der Waals surface area contributed by atoms with Gasteiger partial charge in [0.2, 0.25) is 0 Å². The fraction of sp³-hybridized carbons (Fsp3) is 0.308. The highest BCUT2D eigenvalue weighted by molar-refractivity contribution is 6.31. The first kappa shape index (κ1) is 12.1. The van der Waals surface area contributed by atoms with Crippen LogP contribution in [0.2, 0.25) is 5.02 Å². The number of benzene rings is 1. The minimum Gasteiger partial charge on any atom is -0.328 e. The smallest absolute Gasteiger partial charge is 0.0819 e. The van der Waals surface area contributed by atoms with Crippen LogP contribution in [-0.2, 0) is 6.42 Å². The molecule has 1 aromatic carbocycles. The van der Waals surface area contributed by atoms with E-state index in [0.29, 0.717) is 5.02 Å². The average Bonchev–Trinajstić information content (AvgIpc) is 2.59. The van der Waals surface area contributed by atoms with Crippen LogP contribution in [0.5, 0.6) is 0 Å². The van der Waals surface area contributed by atoms with Gasteiger partial charge in [-0.1, -0.05) is 23.7 Å². The van der Waals surface area contributed by atoms with E-state index < -0.39 is 0 Å². The van der Waals surface area contributed by atoms with Gasteiger partial charge < -0.3 is 5.73 Å². The zero-order chi connectivity index (χ0) is 12.4. The van der Waals surface area contributed by atoms with Crippen molar-refractivity contribution in [2.75, 3.05) is 0 Å². The summed E-state index contributed by atoms with van der Waals surface area (Å²) in [4.78, 5) is 0. The monoisotopic (exact) mass is 249 g/mol. The maximum Gasteiger partial charge on any atom is 0.0819 e. The molecular weight excluding hydrogens is 234 g/mol. The van der Waals surface area contributed by atoms with Gasteiger partial charge in [0.25, 0.3) is 0 Å². The molecule has 0 saturated heterocycles. The average molecular weight is 250 g/mol. The van der Waals surface area contributed by atoms with Gasteiger partial charge in [-0.05, 0) is 38.0 Å². The lowest BCUT2D eigenvalue weighted by Gasteiger charge is -2.06. The quantitative estimate of drug-likeness (QED) is 0.909. The topological polar surface area (TPSA) is 43.8 Å². The number of nitrogens with two attached hydrogens (primary N) is 1. The van der Waals surface area contributed by atoms with Gasteiger partial charge in [0.1, 0.15) is 0 Å². The van der Waals surface area contributed by atoms with Crippen LogP contribution in [0.15, 0.2) is 30.5 Å². The van der Waals surface area contributed by atoms with E-state index in [9.17, 15) is 0 Å². The van der Waals surface area contributed by atoms with Crippen molar-refractivity contribution in [3.63, 3.8) is 0 Å². The van der Waals surface area contributed by atoms with E-state index in [1.807, 2.05) is 32.2 Å². The molecule has 0 bridgehead atoms. The second kappa shape index (κ2) is 4.90. The molecule has 0 fully saturated rings. The van der Waals surface area contributed by atoms with Crippen LogP contribution in [0, 0.1) is 6.92 Å². The molecule has 0 aliphatic rings. The standard InChI is InChI=1S/C13H16ClN3/c1-9(15)7-11-3-5-12(6-4-11)17-8-13(14)10(2)16-17/h3-6,8-9H,7,15H2,1-2H3. The van der Waals surface area contributed by atoms with E-state index >= 15 is 0 Å². The predicted octanol–water partition coefficient (Wildman–Crippen LogP) is 2.72. The first-order valence-corrected chi connectivity index (χ1v) is 6.00. The van der Waals surface area contributed by atoms with Crippen LogP contribution in [0.1, 0.15) is 18.2 Å². The van der Waals surface area contributed by atoms with Crippen molar-refractivity contribution in [3.8, 4) is 5.69 Å². The van der Waals surface area contributed by atoms with Gasteiger partial charge in [-0.15, -0.1) is 0 Å². The number of hydrogen-bond donors (Lipinski definition) is 1. The molecule has 2 N–H and O–H groups in total. The van der Waals surface area contributed by atoms with Crippen LogP contribution in [0.4, 0.5) is 0 Å². The zero-order valence-corrected chi connectivity index (χ0v) is 10.8. The lowest BCUT2D eigenvalue weighted by Crippen LogP contribution is -2.17. The van der Waals surface area contributed by atoms with E-state index in [1.165, 1.54) is 5.56 Å². The second-order valence-electron chi connectivity index (χ2n) is 4.35. The molecule has 2 aromatic rings. The SMILES string of the molecule is Cc1nn(-c2ccc(CC(C)N)cc2)cc1Cl. The normalized spacial score (nSPS) is 12.7. The van der Waals surface area contributed by atoms with E-state index in [4.69, 9.17) is 17.3 Å². The summed E-state index contributed by atoms with van der Waals surface area (Å²) < 4.78 is 1.79. The summed E-state index contributed by atoms with van der Waals surface area (Å²) in [6, 6.07) is 8.39. The second-order valence-corrected chi connectivity index (χ2v) is 4.76. The molecule has 1 aromatic heterocycles. The zero-order valence-electron chi connectivity index (χ0n) is 10.0. The van der Waals surface area contributed by atoms with Crippen LogP contribution >= 0.6 is 11.6 Å². The van der Waals surface area contributed by atoms with Gasteiger partial charge in [-0.2, -0.15) is 5.10 Å². The molecule has 1 heterocycles. The number of aryl methyl sites for hydroxylation is 1. The largest absolute Gasteiger partial charge is 0.328 e. The molecule has 0 aliphatic carbocycles. The lowest BCUT2D eigenvalue weighted by atomic mass is 10.1. The molecule has 0 saturated carbocycles. The van der Waals surface area contributed by atoms with Crippen molar-refractivity contribution >= 4 is 11.6 Å². The summed E-state index contributed by atoms with van der Waals surface area (Å²) in [6.07, 6.45) is 2.70. The molecule has 0 spiro atoms. The first-order valence-electron chi connectivity index (χ1n) is 5.63. The molecule has 1 atom stereocenters. The third kappa shape index (κ3) is 2.87. The van der Waals surface area contributed by atoms with Crippen molar-refractivity contribution in [2.45, 2.75) is 26.3 Å². The van der Waals surface area contributed by atoms with Crippen molar-refractivity contribution in [2.24, 2.45) is 5.73 Å². The number of aromatic nitrogens is 2. The molecular formula is C13H16ClN3. The summed E-state index contributed by atoms with van der Waals surface area (Å²) >= 11 is 5.98. The summed E-state index contributed by atoms with van der Waals surface area (Å²) in [5.41, 5.74) is 8.84. The van der Waals surface area contributed by atoms with E-state index in [0.717, 1.165) is 17.8 Å². The molecule has 0 aliphatic heterocycles. The Kier molecular flexibility index (Phi) is 3.50.